The Bertz CT molecular complexity index is 811. The van der Waals surface area contributed by atoms with Gasteiger partial charge < -0.3 is 0 Å². The molecule has 0 aromatic carbocycles. The third-order valence-electron chi connectivity index (χ3n) is 8.10. The molecule has 0 aliphatic heterocycles. The first-order valence-corrected chi connectivity index (χ1v) is 9.88. The number of carbonyl (C=O) groups excluding carboxylic acids is 3. The van der Waals surface area contributed by atoms with Crippen LogP contribution in [-0.2, 0) is 14.4 Å². The number of rotatable bonds is 1. The summed E-state index contributed by atoms with van der Waals surface area (Å²) in [5.74, 6) is 1.60. The maximum absolute atomic E-state index is 12.9. The predicted octanol–water partition coefficient (Wildman–Crippen LogP) is 4.38. The summed E-state index contributed by atoms with van der Waals surface area (Å²) in [5.41, 5.74) is 2.54. The minimum absolute atomic E-state index is 0.0203. The Labute approximate surface area is 155 Å². The van der Waals surface area contributed by atoms with Crippen molar-refractivity contribution in [3.63, 3.8) is 0 Å². The van der Waals surface area contributed by atoms with Gasteiger partial charge in [-0.05, 0) is 80.4 Å². The maximum atomic E-state index is 12.9. The molecule has 138 valence electrons. The van der Waals surface area contributed by atoms with Crippen LogP contribution in [0.4, 0.5) is 0 Å². The average Bonchev–Trinajstić information content (AvgIpc) is 2.85. The molecule has 26 heavy (non-hydrogen) atoms. The lowest BCUT2D eigenvalue weighted by atomic mass is 9.48. The second-order valence-corrected chi connectivity index (χ2v) is 9.24. The van der Waals surface area contributed by atoms with Gasteiger partial charge >= 0.3 is 0 Å². The highest BCUT2D eigenvalue weighted by molar-refractivity contribution is 6.08. The molecule has 0 aromatic heterocycles. The molecule has 0 radical (unpaired) electrons. The standard InChI is InChI=1S/C23H28O3/c1-13(14(2)24)21-20(26)12-19-17-6-5-15-11-16(25)7-9-22(15,3)18(17)8-10-23(19,21)4/h7,9,11,17-19H,5-6,8,10,12H2,1-4H3/b21-13-/t17-,18+,19+,22+,23+/m1/s1. The molecule has 4 aliphatic rings. The maximum Gasteiger partial charge on any atom is 0.178 e. The zero-order chi connectivity index (χ0) is 18.9. The molecule has 0 bridgehead atoms. The molecule has 3 saturated carbocycles. The third-order valence-corrected chi connectivity index (χ3v) is 8.10. The highest BCUT2D eigenvalue weighted by Crippen LogP contribution is 2.65. The SMILES string of the molecule is CC(=O)/C(C)=C1/C(=O)C[C@H]2[C@@H]3CCC4=CC(=O)C=C[C@]4(C)[C@H]3CC[C@]12C. The minimum atomic E-state index is -0.167. The summed E-state index contributed by atoms with van der Waals surface area (Å²) in [5, 5.41) is 0. The molecular formula is C23H28O3. The van der Waals surface area contributed by atoms with Crippen LogP contribution in [0.1, 0.15) is 59.8 Å². The van der Waals surface area contributed by atoms with Crippen molar-refractivity contribution in [1.82, 2.24) is 0 Å². The lowest BCUT2D eigenvalue weighted by Crippen LogP contribution is -2.48. The molecule has 5 atom stereocenters. The number of hydrogen-bond donors (Lipinski definition) is 0. The first-order valence-electron chi connectivity index (χ1n) is 9.88. The van der Waals surface area contributed by atoms with Crippen LogP contribution in [0.5, 0.6) is 0 Å². The van der Waals surface area contributed by atoms with Crippen molar-refractivity contribution in [2.24, 2.45) is 28.6 Å². The third kappa shape index (κ3) is 2.22. The molecule has 3 heteroatoms. The first-order chi connectivity index (χ1) is 12.2. The van der Waals surface area contributed by atoms with E-state index in [1.807, 2.05) is 13.0 Å². The van der Waals surface area contributed by atoms with Crippen LogP contribution in [-0.4, -0.2) is 17.3 Å². The Morgan fingerprint density at radius 2 is 1.85 bits per heavy atom. The summed E-state index contributed by atoms with van der Waals surface area (Å²) in [6.45, 7) is 7.89. The van der Waals surface area contributed by atoms with Crippen molar-refractivity contribution >= 4 is 17.3 Å². The number of hydrogen-bond acceptors (Lipinski definition) is 3. The van der Waals surface area contributed by atoms with E-state index >= 15 is 0 Å². The van der Waals surface area contributed by atoms with E-state index in [1.165, 1.54) is 5.57 Å². The van der Waals surface area contributed by atoms with E-state index in [1.54, 1.807) is 13.0 Å². The van der Waals surface area contributed by atoms with Crippen LogP contribution in [0, 0.1) is 28.6 Å². The summed E-state index contributed by atoms with van der Waals surface area (Å²) >= 11 is 0. The number of fused-ring (bicyclic) bond motifs is 5. The van der Waals surface area contributed by atoms with Crippen molar-refractivity contribution in [2.45, 2.75) is 59.8 Å². The first kappa shape index (κ1) is 17.6. The quantitative estimate of drug-likeness (QED) is 0.658. The largest absolute Gasteiger partial charge is 0.295 e. The molecule has 0 heterocycles. The summed E-state index contributed by atoms with van der Waals surface area (Å²) in [4.78, 5) is 36.7. The van der Waals surface area contributed by atoms with Crippen molar-refractivity contribution in [1.29, 1.82) is 0 Å². The zero-order valence-electron chi connectivity index (χ0n) is 16.2. The van der Waals surface area contributed by atoms with Gasteiger partial charge in [0.05, 0.1) is 0 Å². The Morgan fingerprint density at radius 3 is 2.54 bits per heavy atom. The number of carbonyl (C=O) groups is 3. The van der Waals surface area contributed by atoms with Gasteiger partial charge in [-0.15, -0.1) is 0 Å². The van der Waals surface area contributed by atoms with E-state index < -0.39 is 0 Å². The number of Topliss-reactive ketones (excluding diaryl/α,β-unsaturated/α-hetero) is 2. The fourth-order valence-corrected chi connectivity index (χ4v) is 6.64. The smallest absolute Gasteiger partial charge is 0.178 e. The summed E-state index contributed by atoms with van der Waals surface area (Å²) in [6, 6.07) is 0. The van der Waals surface area contributed by atoms with Gasteiger partial charge in [0.25, 0.3) is 0 Å². The monoisotopic (exact) mass is 352 g/mol. The molecule has 0 amide bonds. The van der Waals surface area contributed by atoms with Crippen LogP contribution < -0.4 is 0 Å². The fourth-order valence-electron chi connectivity index (χ4n) is 6.64. The molecule has 0 aromatic rings. The predicted molar refractivity (Wildman–Crippen MR) is 100 cm³/mol. The molecule has 0 unspecified atom stereocenters. The molecule has 3 fully saturated rings. The second-order valence-electron chi connectivity index (χ2n) is 9.24. The molecule has 0 spiro atoms. The van der Waals surface area contributed by atoms with Crippen molar-refractivity contribution in [3.05, 3.63) is 34.9 Å². The van der Waals surface area contributed by atoms with Gasteiger partial charge in [0.2, 0.25) is 0 Å². The van der Waals surface area contributed by atoms with Crippen LogP contribution in [0.2, 0.25) is 0 Å². The van der Waals surface area contributed by atoms with E-state index in [4.69, 9.17) is 0 Å². The molecule has 0 N–H and O–H groups in total. The van der Waals surface area contributed by atoms with Gasteiger partial charge in [0.15, 0.2) is 17.3 Å². The van der Waals surface area contributed by atoms with Gasteiger partial charge in [-0.3, -0.25) is 14.4 Å². The zero-order valence-corrected chi connectivity index (χ0v) is 16.2. The van der Waals surface area contributed by atoms with E-state index in [-0.39, 0.29) is 28.2 Å². The van der Waals surface area contributed by atoms with Crippen LogP contribution in [0.25, 0.3) is 0 Å². The number of allylic oxidation sites excluding steroid dienone is 6. The molecule has 3 nitrogen and oxygen atoms in total. The highest BCUT2D eigenvalue weighted by Gasteiger charge is 2.59. The molecule has 4 aliphatic carbocycles. The highest BCUT2D eigenvalue weighted by atomic mass is 16.1. The van der Waals surface area contributed by atoms with Crippen molar-refractivity contribution < 1.29 is 14.4 Å². The van der Waals surface area contributed by atoms with Crippen molar-refractivity contribution in [2.75, 3.05) is 0 Å². The van der Waals surface area contributed by atoms with Crippen LogP contribution in [0.3, 0.4) is 0 Å². The molecular weight excluding hydrogens is 324 g/mol. The minimum Gasteiger partial charge on any atom is -0.295 e. The lowest BCUT2D eigenvalue weighted by molar-refractivity contribution is -0.117. The van der Waals surface area contributed by atoms with Gasteiger partial charge in [-0.2, -0.15) is 0 Å². The Kier molecular flexibility index (Phi) is 3.81. The topological polar surface area (TPSA) is 51.2 Å². The summed E-state index contributed by atoms with van der Waals surface area (Å²) < 4.78 is 0. The molecule has 4 rings (SSSR count). The van der Waals surface area contributed by atoms with Gasteiger partial charge in [0.1, 0.15) is 0 Å². The average molecular weight is 352 g/mol. The lowest BCUT2D eigenvalue weighted by Gasteiger charge is -2.56. The van der Waals surface area contributed by atoms with E-state index in [0.29, 0.717) is 29.7 Å². The molecule has 0 saturated heterocycles. The van der Waals surface area contributed by atoms with E-state index in [2.05, 4.69) is 19.9 Å². The Balaban J connectivity index is 1.75. The Hall–Kier alpha value is -1.77. The van der Waals surface area contributed by atoms with Gasteiger partial charge in [-0.1, -0.05) is 25.5 Å². The van der Waals surface area contributed by atoms with E-state index in [0.717, 1.165) is 31.3 Å². The second kappa shape index (κ2) is 5.61. The Morgan fingerprint density at radius 1 is 1.12 bits per heavy atom. The number of ketones is 3. The summed E-state index contributed by atoms with van der Waals surface area (Å²) in [7, 11) is 0. The normalized spacial score (nSPS) is 43.4. The fraction of sp³-hybridized carbons (Fsp3) is 0.609. The van der Waals surface area contributed by atoms with Crippen LogP contribution >= 0.6 is 0 Å². The summed E-state index contributed by atoms with van der Waals surface area (Å²) in [6.07, 6.45) is 10.3. The van der Waals surface area contributed by atoms with Crippen LogP contribution in [0.15, 0.2) is 34.9 Å². The van der Waals surface area contributed by atoms with Gasteiger partial charge in [0, 0.05) is 17.4 Å². The van der Waals surface area contributed by atoms with Gasteiger partial charge in [-0.25, -0.2) is 0 Å². The van der Waals surface area contributed by atoms with Crippen molar-refractivity contribution in [3.8, 4) is 0 Å². The van der Waals surface area contributed by atoms with E-state index in [9.17, 15) is 14.4 Å².